The number of hydrogen-bond acceptors (Lipinski definition) is 6. The van der Waals surface area contributed by atoms with Gasteiger partial charge >= 0.3 is 5.97 Å². The highest BCUT2D eigenvalue weighted by atomic mass is 16.5. The van der Waals surface area contributed by atoms with Crippen molar-refractivity contribution in [2.75, 3.05) is 26.1 Å². The molecule has 0 spiro atoms. The number of methoxy groups -OCH3 is 2. The minimum absolute atomic E-state index is 0.0277. The number of amides is 2. The molecule has 2 N–H and O–H groups in total. The highest BCUT2D eigenvalue weighted by molar-refractivity contribution is 6.08. The van der Waals surface area contributed by atoms with Crippen molar-refractivity contribution < 1.29 is 23.9 Å². The zero-order valence-electron chi connectivity index (χ0n) is 13.9. The molecular weight excluding hydrogens is 314 g/mol. The Bertz CT molecular complexity index is 628. The monoisotopic (exact) mass is 335 g/mol. The largest absolute Gasteiger partial charge is 0.465 e. The molecule has 0 radical (unpaired) electrons. The van der Waals surface area contributed by atoms with Crippen LogP contribution in [0.3, 0.4) is 0 Å². The van der Waals surface area contributed by atoms with Crippen LogP contribution in [0.4, 0.5) is 5.69 Å². The third-order valence-corrected chi connectivity index (χ3v) is 2.93. The van der Waals surface area contributed by atoms with E-state index in [4.69, 9.17) is 4.74 Å². The van der Waals surface area contributed by atoms with Crippen molar-refractivity contribution in [3.8, 4) is 0 Å². The van der Waals surface area contributed by atoms with Gasteiger partial charge in [-0.2, -0.15) is 5.10 Å². The minimum Gasteiger partial charge on any atom is -0.465 e. The van der Waals surface area contributed by atoms with Crippen LogP contribution in [-0.2, 0) is 19.1 Å². The van der Waals surface area contributed by atoms with E-state index in [1.807, 2.05) is 0 Å². The van der Waals surface area contributed by atoms with Crippen LogP contribution in [0.15, 0.2) is 29.4 Å². The third-order valence-electron chi connectivity index (χ3n) is 2.93. The van der Waals surface area contributed by atoms with Crippen LogP contribution in [0.25, 0.3) is 0 Å². The van der Waals surface area contributed by atoms with E-state index in [-0.39, 0.29) is 30.2 Å². The summed E-state index contributed by atoms with van der Waals surface area (Å²) in [5.74, 6) is -1.20. The van der Waals surface area contributed by atoms with Crippen LogP contribution in [0.2, 0.25) is 0 Å². The zero-order valence-corrected chi connectivity index (χ0v) is 13.9. The molecule has 2 amide bonds. The first-order valence-corrected chi connectivity index (χ1v) is 7.26. The molecule has 0 aliphatic carbocycles. The number of rotatable bonds is 8. The van der Waals surface area contributed by atoms with Gasteiger partial charge in [0.05, 0.1) is 37.8 Å². The number of para-hydroxylation sites is 1. The van der Waals surface area contributed by atoms with Crippen LogP contribution in [-0.4, -0.2) is 44.3 Å². The smallest absolute Gasteiger partial charge is 0.339 e. The number of nitrogens with one attached hydrogen (secondary N) is 2. The number of carbonyl (C=O) groups excluding carboxylic acids is 3. The second-order valence-electron chi connectivity index (χ2n) is 4.89. The summed E-state index contributed by atoms with van der Waals surface area (Å²) in [4.78, 5) is 35.1. The summed E-state index contributed by atoms with van der Waals surface area (Å²) in [5.41, 5.74) is 3.38. The molecular formula is C16H21N3O5. The van der Waals surface area contributed by atoms with Gasteiger partial charge in [-0.1, -0.05) is 12.1 Å². The van der Waals surface area contributed by atoms with Crippen molar-refractivity contribution in [1.82, 2.24) is 5.43 Å². The van der Waals surface area contributed by atoms with Crippen LogP contribution in [0.5, 0.6) is 0 Å². The molecule has 0 saturated heterocycles. The second-order valence-corrected chi connectivity index (χ2v) is 4.89. The number of nitrogens with zero attached hydrogens (tertiary/aromatic N) is 1. The second kappa shape index (κ2) is 10.1. The maximum atomic E-state index is 12.0. The number of ether oxygens (including phenoxy) is 2. The average molecular weight is 335 g/mol. The lowest BCUT2D eigenvalue weighted by molar-refractivity contribution is -0.122. The molecule has 130 valence electrons. The number of benzene rings is 1. The van der Waals surface area contributed by atoms with Crippen molar-refractivity contribution in [1.29, 1.82) is 0 Å². The van der Waals surface area contributed by atoms with Gasteiger partial charge in [-0.05, 0) is 19.1 Å². The van der Waals surface area contributed by atoms with Gasteiger partial charge in [-0.25, -0.2) is 10.2 Å². The average Bonchev–Trinajstić information content (AvgIpc) is 2.57. The molecule has 1 rings (SSSR count). The van der Waals surface area contributed by atoms with E-state index >= 15 is 0 Å². The molecule has 0 atom stereocenters. The lowest BCUT2D eigenvalue weighted by atomic mass is 10.1. The van der Waals surface area contributed by atoms with Crippen molar-refractivity contribution in [3.63, 3.8) is 0 Å². The first-order chi connectivity index (χ1) is 11.5. The molecule has 24 heavy (non-hydrogen) atoms. The number of anilines is 1. The fourth-order valence-corrected chi connectivity index (χ4v) is 1.75. The summed E-state index contributed by atoms with van der Waals surface area (Å²) in [7, 11) is 2.77. The van der Waals surface area contributed by atoms with Gasteiger partial charge in [-0.15, -0.1) is 0 Å². The van der Waals surface area contributed by atoms with Gasteiger partial charge in [-0.3, -0.25) is 9.59 Å². The first-order valence-electron chi connectivity index (χ1n) is 7.26. The lowest BCUT2D eigenvalue weighted by Crippen LogP contribution is -2.22. The lowest BCUT2D eigenvalue weighted by Gasteiger charge is -2.09. The molecule has 0 fully saturated rings. The van der Waals surface area contributed by atoms with Gasteiger partial charge < -0.3 is 14.8 Å². The standard InChI is InChI=1S/C16H21N3O5/c1-11(18-19-14(20)8-9-23-2)10-15(21)17-13-7-5-4-6-12(13)16(22)24-3/h4-7H,8-10H2,1-3H3,(H,17,21)(H,19,20). The molecule has 0 aromatic heterocycles. The minimum atomic E-state index is -0.540. The maximum absolute atomic E-state index is 12.0. The molecule has 0 aliphatic heterocycles. The Morgan fingerprint density at radius 2 is 1.83 bits per heavy atom. The van der Waals surface area contributed by atoms with Crippen LogP contribution >= 0.6 is 0 Å². The highest BCUT2D eigenvalue weighted by Gasteiger charge is 2.13. The van der Waals surface area contributed by atoms with Crippen LogP contribution in [0.1, 0.15) is 30.1 Å². The van der Waals surface area contributed by atoms with Gasteiger partial charge in [0, 0.05) is 12.8 Å². The Labute approximate surface area is 140 Å². The molecule has 0 unspecified atom stereocenters. The summed E-state index contributed by atoms with van der Waals surface area (Å²) in [6.07, 6.45) is 0.159. The van der Waals surface area contributed by atoms with E-state index in [2.05, 4.69) is 20.6 Å². The number of hydrazone groups is 1. The quantitative estimate of drug-likeness (QED) is 0.423. The summed E-state index contributed by atoms with van der Waals surface area (Å²) in [6.45, 7) is 1.91. The summed E-state index contributed by atoms with van der Waals surface area (Å²) in [5, 5.41) is 6.47. The summed E-state index contributed by atoms with van der Waals surface area (Å²) in [6, 6.07) is 6.52. The molecule has 0 saturated carbocycles. The predicted octanol–water partition coefficient (Wildman–Crippen LogP) is 1.33. The van der Waals surface area contributed by atoms with Crippen LogP contribution < -0.4 is 10.7 Å². The van der Waals surface area contributed by atoms with Crippen LogP contribution in [0, 0.1) is 0 Å². The van der Waals surface area contributed by atoms with Crippen molar-refractivity contribution >= 4 is 29.2 Å². The number of esters is 1. The Morgan fingerprint density at radius 3 is 2.50 bits per heavy atom. The van der Waals surface area contributed by atoms with E-state index in [9.17, 15) is 14.4 Å². The molecule has 0 aliphatic rings. The third kappa shape index (κ3) is 6.57. The Hall–Kier alpha value is -2.74. The Kier molecular flexibility index (Phi) is 8.14. The topological polar surface area (TPSA) is 106 Å². The van der Waals surface area contributed by atoms with E-state index in [0.717, 1.165) is 0 Å². The van der Waals surface area contributed by atoms with E-state index in [0.29, 0.717) is 18.0 Å². The summed E-state index contributed by atoms with van der Waals surface area (Å²) >= 11 is 0. The number of hydrogen-bond donors (Lipinski definition) is 2. The summed E-state index contributed by atoms with van der Waals surface area (Å²) < 4.78 is 9.44. The van der Waals surface area contributed by atoms with E-state index in [1.165, 1.54) is 14.2 Å². The Balaban J connectivity index is 2.60. The molecule has 8 nitrogen and oxygen atoms in total. The fourth-order valence-electron chi connectivity index (χ4n) is 1.75. The van der Waals surface area contributed by atoms with Crippen molar-refractivity contribution in [2.45, 2.75) is 19.8 Å². The SMILES string of the molecule is COCCC(=O)NN=C(C)CC(=O)Nc1ccccc1C(=O)OC. The van der Waals surface area contributed by atoms with Gasteiger partial charge in [0.25, 0.3) is 0 Å². The molecule has 1 aromatic rings. The maximum Gasteiger partial charge on any atom is 0.339 e. The highest BCUT2D eigenvalue weighted by Crippen LogP contribution is 2.16. The van der Waals surface area contributed by atoms with E-state index in [1.54, 1.807) is 31.2 Å². The first kappa shape index (κ1) is 19.3. The number of carbonyl (C=O) groups is 3. The molecule has 8 heteroatoms. The van der Waals surface area contributed by atoms with Crippen molar-refractivity contribution in [3.05, 3.63) is 29.8 Å². The van der Waals surface area contributed by atoms with Gasteiger partial charge in [0.1, 0.15) is 0 Å². The molecule has 1 aromatic carbocycles. The van der Waals surface area contributed by atoms with Crippen molar-refractivity contribution in [2.24, 2.45) is 5.10 Å². The fraction of sp³-hybridized carbons (Fsp3) is 0.375. The zero-order chi connectivity index (χ0) is 17.9. The van der Waals surface area contributed by atoms with E-state index < -0.39 is 5.97 Å². The predicted molar refractivity (Wildman–Crippen MR) is 88.8 cm³/mol. The van der Waals surface area contributed by atoms with Gasteiger partial charge in [0.15, 0.2) is 0 Å². The van der Waals surface area contributed by atoms with Gasteiger partial charge in [0.2, 0.25) is 11.8 Å². The Morgan fingerprint density at radius 1 is 1.12 bits per heavy atom. The molecule has 0 heterocycles. The molecule has 0 bridgehead atoms. The normalized spacial score (nSPS) is 10.9.